The van der Waals surface area contributed by atoms with Gasteiger partial charge in [-0.15, -0.1) is 0 Å². The lowest BCUT2D eigenvalue weighted by Gasteiger charge is -2.41. The molecule has 2 atom stereocenters. The van der Waals surface area contributed by atoms with Crippen LogP contribution in [0.1, 0.15) is 12.0 Å². The average Bonchev–Trinajstić information content (AvgIpc) is 2.32. The van der Waals surface area contributed by atoms with Gasteiger partial charge in [-0.1, -0.05) is 23.7 Å². The molecule has 2 unspecified atom stereocenters. The summed E-state index contributed by atoms with van der Waals surface area (Å²) in [5, 5.41) is 11.8. The minimum absolute atomic E-state index is 0. The number of hydrogen-bond donors (Lipinski definition) is 1. The van der Waals surface area contributed by atoms with Gasteiger partial charge in [0.1, 0.15) is 0 Å². The molecule has 0 bridgehead atoms. The minimum atomic E-state index is -0.736. The molecule has 0 amide bonds. The summed E-state index contributed by atoms with van der Waals surface area (Å²) >= 11 is 7.98. The van der Waals surface area contributed by atoms with E-state index < -0.39 is 5.60 Å². The molecular formula is C14H20Cl2NOS-. The second-order valence-corrected chi connectivity index (χ2v) is 6.80. The summed E-state index contributed by atoms with van der Waals surface area (Å²) in [5.74, 6) is 2.26. The van der Waals surface area contributed by atoms with Gasteiger partial charge in [0.25, 0.3) is 0 Å². The van der Waals surface area contributed by atoms with Crippen LogP contribution in [0.4, 0.5) is 0 Å². The molecule has 1 N–H and O–H groups in total. The number of benzene rings is 1. The van der Waals surface area contributed by atoms with E-state index in [4.69, 9.17) is 11.6 Å². The summed E-state index contributed by atoms with van der Waals surface area (Å²) < 4.78 is 0. The highest BCUT2D eigenvalue weighted by Gasteiger charge is 2.40. The maximum absolute atomic E-state index is 11.1. The Labute approximate surface area is 130 Å². The summed E-state index contributed by atoms with van der Waals surface area (Å²) in [6, 6.07) is 7.67. The third-order valence-corrected chi connectivity index (χ3v) is 4.90. The lowest BCUT2D eigenvalue weighted by molar-refractivity contribution is -0.0293. The predicted molar refractivity (Wildman–Crippen MR) is 79.3 cm³/mol. The van der Waals surface area contributed by atoms with E-state index in [2.05, 4.69) is 19.0 Å². The Morgan fingerprint density at radius 2 is 2.21 bits per heavy atom. The third-order valence-electron chi connectivity index (χ3n) is 3.53. The molecular weight excluding hydrogens is 301 g/mol. The number of thioether (sulfide) groups is 1. The number of halogens is 2. The summed E-state index contributed by atoms with van der Waals surface area (Å²) in [5.41, 5.74) is 0.225. The molecule has 1 aliphatic rings. The highest BCUT2D eigenvalue weighted by Crippen LogP contribution is 2.41. The van der Waals surface area contributed by atoms with Gasteiger partial charge < -0.3 is 22.4 Å². The predicted octanol–water partition coefficient (Wildman–Crippen LogP) is -0.154. The zero-order valence-corrected chi connectivity index (χ0v) is 13.6. The monoisotopic (exact) mass is 320 g/mol. The molecule has 0 aromatic heterocycles. The van der Waals surface area contributed by atoms with E-state index in [9.17, 15) is 5.11 Å². The van der Waals surface area contributed by atoms with Gasteiger partial charge in [-0.3, -0.25) is 0 Å². The second-order valence-electron chi connectivity index (χ2n) is 5.22. The molecule has 0 spiro atoms. The largest absolute Gasteiger partial charge is 1.00 e. The molecule has 1 aliphatic heterocycles. The lowest BCUT2D eigenvalue weighted by atomic mass is 9.79. The van der Waals surface area contributed by atoms with Crippen molar-refractivity contribution in [2.24, 2.45) is 5.92 Å². The molecule has 19 heavy (non-hydrogen) atoms. The summed E-state index contributed by atoms with van der Waals surface area (Å²) in [6.07, 6.45) is 0.802. The van der Waals surface area contributed by atoms with Crippen molar-refractivity contribution in [3.8, 4) is 0 Å². The van der Waals surface area contributed by atoms with Gasteiger partial charge in [0.05, 0.1) is 5.60 Å². The zero-order chi connectivity index (χ0) is 13.2. The van der Waals surface area contributed by atoms with Gasteiger partial charge in [-0.2, -0.15) is 11.8 Å². The molecule has 108 valence electrons. The number of aliphatic hydroxyl groups is 1. The fourth-order valence-electron chi connectivity index (χ4n) is 2.58. The summed E-state index contributed by atoms with van der Waals surface area (Å²) in [7, 11) is 4.11. The average molecular weight is 321 g/mol. The molecule has 0 radical (unpaired) electrons. The first-order valence-corrected chi connectivity index (χ1v) is 7.76. The fraction of sp³-hybridized carbons (Fsp3) is 0.571. The smallest absolute Gasteiger partial charge is 0.0953 e. The first kappa shape index (κ1) is 17.1. The Morgan fingerprint density at radius 1 is 1.47 bits per heavy atom. The van der Waals surface area contributed by atoms with Gasteiger partial charge in [0.15, 0.2) is 0 Å². The van der Waals surface area contributed by atoms with E-state index >= 15 is 0 Å². The van der Waals surface area contributed by atoms with E-state index in [1.165, 1.54) is 0 Å². The minimum Gasteiger partial charge on any atom is -1.00 e. The molecule has 1 aromatic carbocycles. The van der Waals surface area contributed by atoms with Gasteiger partial charge in [0.2, 0.25) is 0 Å². The normalized spacial score (nSPS) is 27.1. The van der Waals surface area contributed by atoms with Crippen LogP contribution in [0.25, 0.3) is 0 Å². The second kappa shape index (κ2) is 7.19. The highest BCUT2D eigenvalue weighted by molar-refractivity contribution is 7.99. The summed E-state index contributed by atoms with van der Waals surface area (Å²) in [6.45, 7) is 0.899. The van der Waals surface area contributed by atoms with Crippen molar-refractivity contribution < 1.29 is 17.5 Å². The van der Waals surface area contributed by atoms with Crippen LogP contribution in [0.15, 0.2) is 24.3 Å². The lowest BCUT2D eigenvalue weighted by Crippen LogP contribution is -3.00. The van der Waals surface area contributed by atoms with Crippen LogP contribution in [-0.4, -0.2) is 42.2 Å². The van der Waals surface area contributed by atoms with E-state index in [0.29, 0.717) is 5.02 Å². The molecule has 2 rings (SSSR count). The molecule has 0 aliphatic carbocycles. The standard InChI is InChI=1S/C14H20ClNOS.ClH/c1-16(2)9-12-10-18-7-6-14(12,17)11-4-3-5-13(15)8-11;/h3-5,8,12,17H,6-7,9-10H2,1-2H3;1H/p-1. The Balaban J connectivity index is 0.00000180. The Morgan fingerprint density at radius 3 is 2.84 bits per heavy atom. The third kappa shape index (κ3) is 4.02. The topological polar surface area (TPSA) is 23.5 Å². The van der Waals surface area contributed by atoms with Crippen LogP contribution < -0.4 is 12.4 Å². The number of hydrogen-bond acceptors (Lipinski definition) is 3. The molecule has 1 saturated heterocycles. The fourth-order valence-corrected chi connectivity index (χ4v) is 4.06. The van der Waals surface area contributed by atoms with Gasteiger partial charge in [0, 0.05) is 23.2 Å². The van der Waals surface area contributed by atoms with Crippen molar-refractivity contribution in [2.75, 3.05) is 32.1 Å². The van der Waals surface area contributed by atoms with Crippen LogP contribution in [0, 0.1) is 5.92 Å². The van der Waals surface area contributed by atoms with Gasteiger partial charge >= 0.3 is 0 Å². The quantitative estimate of drug-likeness (QED) is 0.837. The first-order chi connectivity index (χ1) is 8.52. The number of nitrogens with zero attached hydrogens (tertiary/aromatic N) is 1. The Kier molecular flexibility index (Phi) is 6.48. The van der Waals surface area contributed by atoms with Crippen molar-refractivity contribution in [3.05, 3.63) is 34.9 Å². The van der Waals surface area contributed by atoms with Crippen LogP contribution in [0.3, 0.4) is 0 Å². The Bertz CT molecular complexity index is 416. The van der Waals surface area contributed by atoms with Crippen molar-refractivity contribution in [2.45, 2.75) is 12.0 Å². The molecule has 1 aromatic rings. The van der Waals surface area contributed by atoms with E-state index in [1.807, 2.05) is 36.0 Å². The van der Waals surface area contributed by atoms with Crippen molar-refractivity contribution in [3.63, 3.8) is 0 Å². The molecule has 0 saturated carbocycles. The van der Waals surface area contributed by atoms with Crippen LogP contribution in [0.5, 0.6) is 0 Å². The van der Waals surface area contributed by atoms with Crippen LogP contribution in [0.2, 0.25) is 5.02 Å². The van der Waals surface area contributed by atoms with E-state index in [0.717, 1.165) is 30.0 Å². The molecule has 2 nitrogen and oxygen atoms in total. The first-order valence-electron chi connectivity index (χ1n) is 6.23. The maximum atomic E-state index is 11.1. The van der Waals surface area contributed by atoms with Crippen molar-refractivity contribution in [1.82, 2.24) is 4.90 Å². The zero-order valence-electron chi connectivity index (χ0n) is 11.3. The van der Waals surface area contributed by atoms with E-state index in [1.54, 1.807) is 0 Å². The number of rotatable bonds is 3. The highest BCUT2D eigenvalue weighted by atomic mass is 35.5. The molecule has 1 heterocycles. The van der Waals surface area contributed by atoms with Crippen molar-refractivity contribution in [1.29, 1.82) is 0 Å². The van der Waals surface area contributed by atoms with Crippen LogP contribution >= 0.6 is 23.4 Å². The van der Waals surface area contributed by atoms with E-state index in [-0.39, 0.29) is 18.3 Å². The SMILES string of the molecule is CN(C)CC1CSCCC1(O)c1cccc(Cl)c1.[Cl-]. The van der Waals surface area contributed by atoms with Gasteiger partial charge in [-0.05, 0) is 44.0 Å². The molecule has 1 fully saturated rings. The van der Waals surface area contributed by atoms with Crippen LogP contribution in [-0.2, 0) is 5.60 Å². The molecule has 5 heteroatoms. The van der Waals surface area contributed by atoms with Gasteiger partial charge in [-0.25, -0.2) is 0 Å². The van der Waals surface area contributed by atoms with Crippen molar-refractivity contribution >= 4 is 23.4 Å². The Hall–Kier alpha value is 0.0700. The summed E-state index contributed by atoms with van der Waals surface area (Å²) in [4.78, 5) is 2.14. The maximum Gasteiger partial charge on any atom is 0.0953 e.